The molecule has 5 nitrogen and oxygen atoms in total. The molecule has 6 heteroatoms. The number of fused-ring (bicyclic) bond motifs is 2. The smallest absolute Gasteiger partial charge is 0.251 e. The van der Waals surface area contributed by atoms with Gasteiger partial charge in [0.1, 0.15) is 0 Å². The molecule has 31 heavy (non-hydrogen) atoms. The standard InChI is InChI=1S/C23H28N2O3S.C2H6/c1-2-16-29(27,28)25-14-12-23(13-15-25)20-11-7-6-10-19(20)17-21(23)24-22(26)18-8-4-3-5-9-18;1-2/h3-11,21H,2,12-17H2,1H3,(H,24,26);1-2H3. The van der Waals surface area contributed by atoms with Crippen LogP contribution in [0.3, 0.4) is 0 Å². The van der Waals surface area contributed by atoms with E-state index in [0.717, 1.165) is 19.3 Å². The van der Waals surface area contributed by atoms with Crippen LogP contribution in [0.2, 0.25) is 0 Å². The average molecular weight is 443 g/mol. The lowest BCUT2D eigenvalue weighted by atomic mass is 9.71. The largest absolute Gasteiger partial charge is 0.348 e. The van der Waals surface area contributed by atoms with Crippen molar-refractivity contribution in [3.8, 4) is 0 Å². The van der Waals surface area contributed by atoms with Gasteiger partial charge >= 0.3 is 0 Å². The van der Waals surface area contributed by atoms with E-state index in [1.807, 2.05) is 63.2 Å². The first-order valence-corrected chi connectivity index (χ1v) is 13.0. The number of nitrogens with one attached hydrogen (secondary N) is 1. The van der Waals surface area contributed by atoms with Crippen LogP contribution < -0.4 is 5.32 Å². The van der Waals surface area contributed by atoms with Crippen molar-refractivity contribution in [1.29, 1.82) is 0 Å². The second-order valence-corrected chi connectivity index (χ2v) is 10.2. The highest BCUT2D eigenvalue weighted by atomic mass is 32.2. The van der Waals surface area contributed by atoms with Gasteiger partial charge in [-0.1, -0.05) is 63.2 Å². The summed E-state index contributed by atoms with van der Waals surface area (Å²) in [6, 6.07) is 17.6. The molecule has 0 bridgehead atoms. The van der Waals surface area contributed by atoms with Crippen LogP contribution in [0.1, 0.15) is 61.5 Å². The topological polar surface area (TPSA) is 66.5 Å². The van der Waals surface area contributed by atoms with Crippen LogP contribution in [0, 0.1) is 0 Å². The monoisotopic (exact) mass is 442 g/mol. The second kappa shape index (κ2) is 9.96. The van der Waals surface area contributed by atoms with Crippen molar-refractivity contribution in [2.45, 2.75) is 57.9 Å². The normalized spacial score (nSPS) is 19.9. The third kappa shape index (κ3) is 4.70. The van der Waals surface area contributed by atoms with E-state index in [9.17, 15) is 13.2 Å². The summed E-state index contributed by atoms with van der Waals surface area (Å²) in [7, 11) is -3.19. The fourth-order valence-electron chi connectivity index (χ4n) is 4.98. The zero-order valence-electron chi connectivity index (χ0n) is 18.8. The highest BCUT2D eigenvalue weighted by molar-refractivity contribution is 7.89. The van der Waals surface area contributed by atoms with Gasteiger partial charge in [-0.15, -0.1) is 0 Å². The number of rotatable bonds is 5. The summed E-state index contributed by atoms with van der Waals surface area (Å²) in [5.41, 5.74) is 2.97. The Morgan fingerprint density at radius 2 is 1.65 bits per heavy atom. The van der Waals surface area contributed by atoms with Crippen LogP contribution in [0.5, 0.6) is 0 Å². The van der Waals surface area contributed by atoms with Crippen molar-refractivity contribution in [1.82, 2.24) is 9.62 Å². The van der Waals surface area contributed by atoms with Gasteiger partial charge in [0.15, 0.2) is 0 Å². The number of hydrogen-bond acceptors (Lipinski definition) is 3. The van der Waals surface area contributed by atoms with Crippen LogP contribution in [-0.2, 0) is 21.9 Å². The van der Waals surface area contributed by atoms with Gasteiger partial charge in [-0.3, -0.25) is 4.79 Å². The highest BCUT2D eigenvalue weighted by Crippen LogP contribution is 2.46. The predicted octanol–water partition coefficient (Wildman–Crippen LogP) is 4.14. The van der Waals surface area contributed by atoms with Crippen molar-refractivity contribution in [2.75, 3.05) is 18.8 Å². The molecular formula is C25H34N2O3S. The molecule has 1 fully saturated rings. The van der Waals surface area contributed by atoms with Crippen LogP contribution in [0.25, 0.3) is 0 Å². The van der Waals surface area contributed by atoms with Gasteiger partial charge in [-0.2, -0.15) is 0 Å². The molecule has 1 aliphatic carbocycles. The summed E-state index contributed by atoms with van der Waals surface area (Å²) in [4.78, 5) is 12.9. The summed E-state index contributed by atoms with van der Waals surface area (Å²) in [5, 5.41) is 3.27. The number of sulfonamides is 1. The van der Waals surface area contributed by atoms with E-state index in [2.05, 4.69) is 17.4 Å². The molecule has 2 aromatic carbocycles. The molecule has 2 aliphatic rings. The quantitative estimate of drug-likeness (QED) is 0.757. The fraction of sp³-hybridized carbons (Fsp3) is 0.480. The summed E-state index contributed by atoms with van der Waals surface area (Å²) in [5.74, 6) is 0.133. The molecule has 1 amide bonds. The Morgan fingerprint density at radius 3 is 2.29 bits per heavy atom. The Bertz CT molecular complexity index is 981. The van der Waals surface area contributed by atoms with E-state index in [0.29, 0.717) is 25.1 Å². The molecule has 2 aromatic rings. The molecule has 1 spiro atoms. The molecule has 1 aliphatic heterocycles. The summed E-state index contributed by atoms with van der Waals surface area (Å²) < 4.78 is 26.7. The Hall–Kier alpha value is -2.18. The third-order valence-corrected chi connectivity index (χ3v) is 8.53. The molecule has 1 unspecified atom stereocenters. The maximum Gasteiger partial charge on any atom is 0.251 e. The molecule has 168 valence electrons. The van der Waals surface area contributed by atoms with Gasteiger partial charge in [0.2, 0.25) is 10.0 Å². The minimum Gasteiger partial charge on any atom is -0.348 e. The first-order valence-electron chi connectivity index (χ1n) is 11.4. The first-order chi connectivity index (χ1) is 15.0. The van der Waals surface area contributed by atoms with E-state index in [1.165, 1.54) is 11.1 Å². The van der Waals surface area contributed by atoms with Gasteiger partial charge in [0.05, 0.1) is 5.75 Å². The SMILES string of the molecule is CC.CCCS(=O)(=O)N1CCC2(CC1)c1ccccc1CC2NC(=O)c1ccccc1. The van der Waals surface area contributed by atoms with E-state index in [-0.39, 0.29) is 23.1 Å². The van der Waals surface area contributed by atoms with Crippen LogP contribution in [0.15, 0.2) is 54.6 Å². The zero-order valence-corrected chi connectivity index (χ0v) is 19.6. The second-order valence-electron chi connectivity index (χ2n) is 8.12. The molecule has 1 N–H and O–H groups in total. The van der Waals surface area contributed by atoms with Gasteiger partial charge in [0.25, 0.3) is 5.91 Å². The summed E-state index contributed by atoms with van der Waals surface area (Å²) in [6.07, 6.45) is 2.87. The number of nitrogens with zero attached hydrogens (tertiary/aromatic N) is 1. The van der Waals surface area contributed by atoms with Crippen molar-refractivity contribution < 1.29 is 13.2 Å². The van der Waals surface area contributed by atoms with Gasteiger partial charge in [0, 0.05) is 30.1 Å². The predicted molar refractivity (Wildman–Crippen MR) is 126 cm³/mol. The van der Waals surface area contributed by atoms with Crippen molar-refractivity contribution in [3.63, 3.8) is 0 Å². The zero-order chi connectivity index (χ0) is 22.5. The lowest BCUT2D eigenvalue weighted by Gasteiger charge is -2.43. The minimum absolute atomic E-state index is 0.0244. The fourth-order valence-corrected chi connectivity index (χ4v) is 6.49. The minimum atomic E-state index is -3.19. The number of carbonyl (C=O) groups is 1. The lowest BCUT2D eigenvalue weighted by molar-refractivity contribution is 0.0896. The van der Waals surface area contributed by atoms with E-state index < -0.39 is 10.0 Å². The Labute approximate surface area is 186 Å². The van der Waals surface area contributed by atoms with Gasteiger partial charge in [-0.25, -0.2) is 12.7 Å². The highest BCUT2D eigenvalue weighted by Gasteiger charge is 2.49. The number of benzene rings is 2. The van der Waals surface area contributed by atoms with Gasteiger partial charge in [-0.05, 0) is 48.9 Å². The number of carbonyl (C=O) groups excluding carboxylic acids is 1. The Morgan fingerprint density at radius 1 is 1.03 bits per heavy atom. The molecular weight excluding hydrogens is 408 g/mol. The molecule has 0 saturated carbocycles. The molecule has 1 saturated heterocycles. The molecule has 1 atom stereocenters. The van der Waals surface area contributed by atoms with E-state index in [1.54, 1.807) is 4.31 Å². The van der Waals surface area contributed by atoms with Crippen LogP contribution in [-0.4, -0.2) is 43.5 Å². The summed E-state index contributed by atoms with van der Waals surface area (Å²) in [6.45, 7) is 6.91. The molecule has 0 radical (unpaired) electrons. The van der Waals surface area contributed by atoms with Crippen molar-refractivity contribution in [2.24, 2.45) is 0 Å². The maximum atomic E-state index is 12.9. The molecule has 4 rings (SSSR count). The van der Waals surface area contributed by atoms with Crippen LogP contribution in [0.4, 0.5) is 0 Å². The maximum absolute atomic E-state index is 12.9. The number of amides is 1. The van der Waals surface area contributed by atoms with Crippen molar-refractivity contribution >= 4 is 15.9 Å². The first kappa shape index (κ1) is 23.5. The number of hydrogen-bond donors (Lipinski definition) is 1. The molecule has 0 aromatic heterocycles. The number of piperidine rings is 1. The van der Waals surface area contributed by atoms with Crippen molar-refractivity contribution in [3.05, 3.63) is 71.3 Å². The van der Waals surface area contributed by atoms with Gasteiger partial charge < -0.3 is 5.32 Å². The summed E-state index contributed by atoms with van der Waals surface area (Å²) >= 11 is 0. The van der Waals surface area contributed by atoms with E-state index >= 15 is 0 Å². The molecule has 1 heterocycles. The average Bonchev–Trinajstić information content (AvgIpc) is 3.08. The van der Waals surface area contributed by atoms with E-state index in [4.69, 9.17) is 0 Å². The third-order valence-electron chi connectivity index (χ3n) is 6.46. The Kier molecular flexibility index (Phi) is 7.55. The van der Waals surface area contributed by atoms with Crippen LogP contribution >= 0.6 is 0 Å². The lowest BCUT2D eigenvalue weighted by Crippen LogP contribution is -2.54. The Balaban J connectivity index is 0.00000132.